The summed E-state index contributed by atoms with van der Waals surface area (Å²) in [4.78, 5) is 26.5. The van der Waals surface area contributed by atoms with Gasteiger partial charge in [-0.1, -0.05) is 38.0 Å². The van der Waals surface area contributed by atoms with E-state index in [-0.39, 0.29) is 11.7 Å². The van der Waals surface area contributed by atoms with Gasteiger partial charge < -0.3 is 5.32 Å². The van der Waals surface area contributed by atoms with Gasteiger partial charge in [0.2, 0.25) is 5.91 Å². The van der Waals surface area contributed by atoms with Gasteiger partial charge in [-0.25, -0.2) is 0 Å². The molecule has 0 aliphatic heterocycles. The van der Waals surface area contributed by atoms with Crippen LogP contribution in [0.4, 0.5) is 18.9 Å². The lowest BCUT2D eigenvalue weighted by Gasteiger charge is -2.32. The van der Waals surface area contributed by atoms with Crippen LogP contribution in [0.3, 0.4) is 0 Å². The van der Waals surface area contributed by atoms with E-state index in [4.69, 9.17) is 0 Å². The summed E-state index contributed by atoms with van der Waals surface area (Å²) in [6.07, 6.45) is -0.865. The van der Waals surface area contributed by atoms with Gasteiger partial charge in [0.25, 0.3) is 0 Å². The summed E-state index contributed by atoms with van der Waals surface area (Å²) in [6.45, 7) is 1.93. The molecule has 29 heavy (non-hydrogen) atoms. The Morgan fingerprint density at radius 2 is 1.83 bits per heavy atom. The van der Waals surface area contributed by atoms with Crippen molar-refractivity contribution in [2.75, 3.05) is 4.90 Å². The first-order chi connectivity index (χ1) is 13.8. The number of anilines is 1. The molecule has 1 aliphatic rings. The van der Waals surface area contributed by atoms with Gasteiger partial charge in [-0.05, 0) is 48.4 Å². The highest BCUT2D eigenvalue weighted by atomic mass is 32.1. The largest absolute Gasteiger partial charge is 0.471 e. The molecular weight excluding hydrogens is 401 g/mol. The van der Waals surface area contributed by atoms with Crippen LogP contribution >= 0.6 is 11.3 Å². The van der Waals surface area contributed by atoms with Crippen molar-refractivity contribution in [3.63, 3.8) is 0 Å². The van der Waals surface area contributed by atoms with Crippen molar-refractivity contribution in [3.05, 3.63) is 52.2 Å². The lowest BCUT2D eigenvalue weighted by atomic mass is 10.1. The molecule has 3 rings (SSSR count). The fraction of sp³-hybridized carbons (Fsp3) is 0.429. The fourth-order valence-corrected chi connectivity index (χ4v) is 4.40. The van der Waals surface area contributed by atoms with Gasteiger partial charge in [0, 0.05) is 16.6 Å². The summed E-state index contributed by atoms with van der Waals surface area (Å²) in [5.74, 6) is -2.64. The van der Waals surface area contributed by atoms with Gasteiger partial charge in [0.15, 0.2) is 6.04 Å². The lowest BCUT2D eigenvalue weighted by Crippen LogP contribution is -2.50. The van der Waals surface area contributed by atoms with E-state index >= 15 is 0 Å². The zero-order valence-electron chi connectivity index (χ0n) is 16.0. The molecule has 0 unspecified atom stereocenters. The minimum Gasteiger partial charge on any atom is -0.351 e. The zero-order chi connectivity index (χ0) is 21.0. The Kier molecular flexibility index (Phi) is 6.62. The minimum absolute atomic E-state index is 0.0458. The number of amides is 2. The average Bonchev–Trinajstić information content (AvgIpc) is 3.39. The normalized spacial score (nSPS) is 15.9. The second-order valence-corrected chi connectivity index (χ2v) is 8.08. The van der Waals surface area contributed by atoms with Crippen LogP contribution in [0.2, 0.25) is 0 Å². The Labute approximate surface area is 171 Å². The zero-order valence-corrected chi connectivity index (χ0v) is 16.9. The number of nitrogens with one attached hydrogen (secondary N) is 1. The Bertz CT molecular complexity index is 829. The Balaban J connectivity index is 2.03. The van der Waals surface area contributed by atoms with E-state index in [1.165, 1.54) is 12.1 Å². The molecular formula is C21H23F3N2O2S. The molecule has 156 valence electrons. The monoisotopic (exact) mass is 424 g/mol. The van der Waals surface area contributed by atoms with Crippen LogP contribution in [0, 0.1) is 0 Å². The number of aryl methyl sites for hydroxylation is 1. The molecule has 1 aliphatic carbocycles. The second kappa shape index (κ2) is 8.98. The molecule has 1 heterocycles. The van der Waals surface area contributed by atoms with Crippen LogP contribution in [0.25, 0.3) is 0 Å². The Morgan fingerprint density at radius 3 is 2.34 bits per heavy atom. The van der Waals surface area contributed by atoms with Crippen molar-refractivity contribution in [1.29, 1.82) is 0 Å². The number of hydrogen-bond acceptors (Lipinski definition) is 3. The number of rotatable bonds is 6. The third-order valence-corrected chi connectivity index (χ3v) is 6.03. The molecule has 0 bridgehead atoms. The van der Waals surface area contributed by atoms with Crippen LogP contribution in [0.5, 0.6) is 0 Å². The summed E-state index contributed by atoms with van der Waals surface area (Å²) in [5, 5.41) is 4.53. The molecule has 0 radical (unpaired) electrons. The van der Waals surface area contributed by atoms with Crippen LogP contribution in [-0.4, -0.2) is 24.0 Å². The van der Waals surface area contributed by atoms with E-state index in [0.717, 1.165) is 42.6 Å². The summed E-state index contributed by atoms with van der Waals surface area (Å²) in [5.41, 5.74) is 0.973. The number of carbonyl (C=O) groups excluding carboxylic acids is 2. The van der Waals surface area contributed by atoms with E-state index in [1.807, 2.05) is 6.92 Å². The molecule has 1 atom stereocenters. The SMILES string of the molecule is CCc1ccc(N(C(=O)C(F)(F)F)[C@H](C(=O)NC2CCCC2)c2cccs2)cc1. The summed E-state index contributed by atoms with van der Waals surface area (Å²) < 4.78 is 40.4. The maximum Gasteiger partial charge on any atom is 0.471 e. The molecule has 0 saturated heterocycles. The van der Waals surface area contributed by atoms with E-state index in [2.05, 4.69) is 5.32 Å². The van der Waals surface area contributed by atoms with Crippen molar-refractivity contribution in [3.8, 4) is 0 Å². The molecule has 2 aromatic rings. The average molecular weight is 424 g/mol. The van der Waals surface area contributed by atoms with Crippen molar-refractivity contribution >= 4 is 28.8 Å². The summed E-state index contributed by atoms with van der Waals surface area (Å²) in [6, 6.07) is 8.07. The number of benzene rings is 1. The van der Waals surface area contributed by atoms with E-state index < -0.39 is 24.0 Å². The molecule has 2 amide bonds. The van der Waals surface area contributed by atoms with E-state index in [0.29, 0.717) is 16.2 Å². The highest BCUT2D eigenvalue weighted by Gasteiger charge is 2.47. The first-order valence-electron chi connectivity index (χ1n) is 9.64. The standard InChI is InChI=1S/C21H23F3N2O2S/c1-2-14-9-11-16(12-10-14)26(20(28)21(22,23)24)18(17-8-5-13-29-17)19(27)25-15-6-3-4-7-15/h5,8-13,15,18H,2-4,6-7H2,1H3,(H,25,27)/t18-/m0/s1. The number of thiophene rings is 1. The van der Waals surface area contributed by atoms with Crippen LogP contribution in [-0.2, 0) is 16.0 Å². The number of halogens is 3. The van der Waals surface area contributed by atoms with Gasteiger partial charge >= 0.3 is 12.1 Å². The topological polar surface area (TPSA) is 49.4 Å². The molecule has 1 aromatic carbocycles. The molecule has 1 fully saturated rings. The van der Waals surface area contributed by atoms with Gasteiger partial charge in [-0.3, -0.25) is 14.5 Å². The molecule has 4 nitrogen and oxygen atoms in total. The number of carbonyl (C=O) groups is 2. The first-order valence-corrected chi connectivity index (χ1v) is 10.5. The molecule has 1 aromatic heterocycles. The van der Waals surface area contributed by atoms with E-state index in [1.54, 1.807) is 29.6 Å². The third kappa shape index (κ3) is 4.98. The second-order valence-electron chi connectivity index (χ2n) is 7.10. The predicted molar refractivity (Wildman–Crippen MR) is 107 cm³/mol. The van der Waals surface area contributed by atoms with Crippen molar-refractivity contribution in [2.45, 2.75) is 57.3 Å². The predicted octanol–water partition coefficient (Wildman–Crippen LogP) is 5.01. The van der Waals surface area contributed by atoms with Crippen LogP contribution < -0.4 is 10.2 Å². The fourth-order valence-electron chi connectivity index (χ4n) is 3.58. The number of nitrogens with zero attached hydrogens (tertiary/aromatic N) is 1. The van der Waals surface area contributed by atoms with Gasteiger partial charge in [-0.15, -0.1) is 11.3 Å². The molecule has 1 saturated carbocycles. The Morgan fingerprint density at radius 1 is 1.17 bits per heavy atom. The lowest BCUT2D eigenvalue weighted by molar-refractivity contribution is -0.171. The molecule has 8 heteroatoms. The molecule has 0 spiro atoms. The quantitative estimate of drug-likeness (QED) is 0.709. The molecule has 1 N–H and O–H groups in total. The van der Waals surface area contributed by atoms with Crippen LogP contribution in [0.1, 0.15) is 49.1 Å². The first kappa shape index (κ1) is 21.4. The third-order valence-electron chi connectivity index (χ3n) is 5.10. The van der Waals surface area contributed by atoms with Gasteiger partial charge in [0.1, 0.15) is 0 Å². The van der Waals surface area contributed by atoms with Crippen molar-refractivity contribution in [2.24, 2.45) is 0 Å². The van der Waals surface area contributed by atoms with E-state index in [9.17, 15) is 22.8 Å². The number of hydrogen-bond donors (Lipinski definition) is 1. The van der Waals surface area contributed by atoms with Crippen molar-refractivity contribution < 1.29 is 22.8 Å². The minimum atomic E-state index is -5.10. The maximum atomic E-state index is 13.5. The van der Waals surface area contributed by atoms with Crippen molar-refractivity contribution in [1.82, 2.24) is 5.32 Å². The van der Waals surface area contributed by atoms with Gasteiger partial charge in [-0.2, -0.15) is 13.2 Å². The summed E-state index contributed by atoms with van der Waals surface area (Å²) in [7, 11) is 0. The highest BCUT2D eigenvalue weighted by molar-refractivity contribution is 7.10. The van der Waals surface area contributed by atoms with Gasteiger partial charge in [0.05, 0.1) is 0 Å². The van der Waals surface area contributed by atoms with Crippen LogP contribution in [0.15, 0.2) is 41.8 Å². The number of alkyl halides is 3. The smallest absolute Gasteiger partial charge is 0.351 e. The summed E-state index contributed by atoms with van der Waals surface area (Å²) >= 11 is 1.15. The maximum absolute atomic E-state index is 13.5. The highest BCUT2D eigenvalue weighted by Crippen LogP contribution is 2.35. The Hall–Kier alpha value is -2.35.